The highest BCUT2D eigenvalue weighted by Gasteiger charge is 2.23. The predicted molar refractivity (Wildman–Crippen MR) is 71.0 cm³/mol. The van der Waals surface area contributed by atoms with Crippen molar-refractivity contribution in [1.29, 1.82) is 0 Å². The molecule has 5 heteroatoms. The number of nitrogens with two attached hydrogens (primary N) is 1. The molecule has 17 heavy (non-hydrogen) atoms. The molecule has 1 amide bonds. The van der Waals surface area contributed by atoms with Gasteiger partial charge in [0.25, 0.3) is 5.91 Å². The van der Waals surface area contributed by atoms with Crippen LogP contribution in [0, 0.1) is 11.3 Å². The number of hydrogen-bond acceptors (Lipinski definition) is 4. The zero-order chi connectivity index (χ0) is 13.1. The first-order valence-electron chi connectivity index (χ1n) is 5.79. The SMILES string of the molecule is CC(C)C(C)(C)CNC(=O)c1csc(CN)n1. The molecule has 0 unspecified atom stereocenters. The summed E-state index contributed by atoms with van der Waals surface area (Å²) < 4.78 is 0. The molecular formula is C12H21N3OS. The minimum atomic E-state index is -0.116. The first kappa shape index (κ1) is 14.1. The summed E-state index contributed by atoms with van der Waals surface area (Å²) in [5, 5.41) is 5.46. The fraction of sp³-hybridized carbons (Fsp3) is 0.667. The lowest BCUT2D eigenvalue weighted by molar-refractivity contribution is 0.0920. The third kappa shape index (κ3) is 3.78. The topological polar surface area (TPSA) is 68.0 Å². The van der Waals surface area contributed by atoms with Gasteiger partial charge >= 0.3 is 0 Å². The molecule has 0 aromatic carbocycles. The molecule has 0 aliphatic rings. The minimum Gasteiger partial charge on any atom is -0.350 e. The van der Waals surface area contributed by atoms with E-state index in [2.05, 4.69) is 38.0 Å². The fourth-order valence-electron chi connectivity index (χ4n) is 1.11. The van der Waals surface area contributed by atoms with Crippen molar-refractivity contribution in [3.05, 3.63) is 16.1 Å². The second-order valence-electron chi connectivity index (χ2n) is 5.16. The van der Waals surface area contributed by atoms with Gasteiger partial charge in [0.2, 0.25) is 0 Å². The molecule has 0 fully saturated rings. The summed E-state index contributed by atoms with van der Waals surface area (Å²) >= 11 is 1.42. The molecular weight excluding hydrogens is 234 g/mol. The molecule has 4 nitrogen and oxygen atoms in total. The highest BCUT2D eigenvalue weighted by molar-refractivity contribution is 7.09. The quantitative estimate of drug-likeness (QED) is 0.845. The van der Waals surface area contributed by atoms with Gasteiger partial charge in [0.15, 0.2) is 0 Å². The van der Waals surface area contributed by atoms with Crippen molar-refractivity contribution in [2.75, 3.05) is 6.54 Å². The van der Waals surface area contributed by atoms with Gasteiger partial charge in [-0.3, -0.25) is 4.79 Å². The van der Waals surface area contributed by atoms with Gasteiger partial charge in [-0.1, -0.05) is 27.7 Å². The Balaban J connectivity index is 2.56. The molecule has 0 atom stereocenters. The molecule has 1 heterocycles. The Hall–Kier alpha value is -0.940. The monoisotopic (exact) mass is 255 g/mol. The van der Waals surface area contributed by atoms with Crippen LogP contribution in [0.25, 0.3) is 0 Å². The largest absolute Gasteiger partial charge is 0.350 e. The summed E-state index contributed by atoms with van der Waals surface area (Å²) in [5.74, 6) is 0.396. The van der Waals surface area contributed by atoms with Crippen molar-refractivity contribution < 1.29 is 4.79 Å². The molecule has 0 saturated carbocycles. The van der Waals surface area contributed by atoms with E-state index in [-0.39, 0.29) is 11.3 Å². The lowest BCUT2D eigenvalue weighted by Gasteiger charge is -2.29. The average Bonchev–Trinajstić information content (AvgIpc) is 2.74. The lowest BCUT2D eigenvalue weighted by atomic mass is 9.81. The normalized spacial score (nSPS) is 11.9. The second-order valence-corrected chi connectivity index (χ2v) is 6.10. The highest BCUT2D eigenvalue weighted by atomic mass is 32.1. The summed E-state index contributed by atoms with van der Waals surface area (Å²) in [4.78, 5) is 16.0. The van der Waals surface area contributed by atoms with Gasteiger partial charge in [-0.2, -0.15) is 0 Å². The summed E-state index contributed by atoms with van der Waals surface area (Å²) in [6, 6.07) is 0. The van der Waals surface area contributed by atoms with Crippen LogP contribution in [-0.2, 0) is 6.54 Å². The Labute approximate surface area is 107 Å². The second kappa shape index (κ2) is 5.60. The van der Waals surface area contributed by atoms with E-state index in [0.717, 1.165) is 5.01 Å². The highest BCUT2D eigenvalue weighted by Crippen LogP contribution is 2.24. The van der Waals surface area contributed by atoms with Crippen molar-refractivity contribution in [1.82, 2.24) is 10.3 Å². The third-order valence-electron chi connectivity index (χ3n) is 3.23. The van der Waals surface area contributed by atoms with Crippen LogP contribution in [-0.4, -0.2) is 17.4 Å². The Morgan fingerprint density at radius 1 is 1.59 bits per heavy atom. The van der Waals surface area contributed by atoms with Gasteiger partial charge < -0.3 is 11.1 Å². The van der Waals surface area contributed by atoms with Crippen LogP contribution in [0.15, 0.2) is 5.38 Å². The van der Waals surface area contributed by atoms with E-state index in [9.17, 15) is 4.79 Å². The van der Waals surface area contributed by atoms with E-state index in [1.54, 1.807) is 5.38 Å². The van der Waals surface area contributed by atoms with Crippen molar-refractivity contribution in [3.8, 4) is 0 Å². The van der Waals surface area contributed by atoms with E-state index in [0.29, 0.717) is 24.7 Å². The molecule has 96 valence electrons. The van der Waals surface area contributed by atoms with E-state index >= 15 is 0 Å². The van der Waals surface area contributed by atoms with Crippen LogP contribution in [0.4, 0.5) is 0 Å². The molecule has 1 aromatic heterocycles. The number of aromatic nitrogens is 1. The Bertz CT molecular complexity index is 385. The minimum absolute atomic E-state index is 0.0857. The Morgan fingerprint density at radius 3 is 2.71 bits per heavy atom. The van der Waals surface area contributed by atoms with Crippen molar-refractivity contribution in [3.63, 3.8) is 0 Å². The standard InChI is InChI=1S/C12H21N3OS/c1-8(2)12(3,4)7-14-11(16)9-6-17-10(5-13)15-9/h6,8H,5,7,13H2,1-4H3,(H,14,16). The Kier molecular flexibility index (Phi) is 4.65. The first-order valence-corrected chi connectivity index (χ1v) is 6.67. The number of carbonyl (C=O) groups is 1. The zero-order valence-electron chi connectivity index (χ0n) is 10.9. The van der Waals surface area contributed by atoms with Gasteiger partial charge in [-0.25, -0.2) is 4.98 Å². The molecule has 0 aliphatic heterocycles. The molecule has 0 saturated heterocycles. The van der Waals surface area contributed by atoms with Crippen LogP contribution < -0.4 is 11.1 Å². The Morgan fingerprint density at radius 2 is 2.24 bits per heavy atom. The number of thiazole rings is 1. The van der Waals surface area contributed by atoms with Gasteiger partial charge in [0, 0.05) is 18.5 Å². The maximum Gasteiger partial charge on any atom is 0.270 e. The fourth-order valence-corrected chi connectivity index (χ4v) is 1.77. The number of rotatable bonds is 5. The zero-order valence-corrected chi connectivity index (χ0v) is 11.7. The molecule has 1 rings (SSSR count). The predicted octanol–water partition coefficient (Wildman–Crippen LogP) is 2.01. The molecule has 1 aromatic rings. The molecule has 0 aliphatic carbocycles. The van der Waals surface area contributed by atoms with Gasteiger partial charge in [0.05, 0.1) is 0 Å². The van der Waals surface area contributed by atoms with E-state index in [1.165, 1.54) is 11.3 Å². The van der Waals surface area contributed by atoms with E-state index < -0.39 is 0 Å². The third-order valence-corrected chi connectivity index (χ3v) is 4.10. The smallest absolute Gasteiger partial charge is 0.270 e. The van der Waals surface area contributed by atoms with Crippen LogP contribution in [0.1, 0.15) is 43.2 Å². The number of amides is 1. The van der Waals surface area contributed by atoms with Crippen molar-refractivity contribution >= 4 is 17.2 Å². The van der Waals surface area contributed by atoms with Gasteiger partial charge in [-0.15, -0.1) is 11.3 Å². The first-order chi connectivity index (χ1) is 7.86. The maximum atomic E-state index is 11.8. The van der Waals surface area contributed by atoms with Crippen LogP contribution in [0.2, 0.25) is 0 Å². The summed E-state index contributed by atoms with van der Waals surface area (Å²) in [7, 11) is 0. The van der Waals surface area contributed by atoms with Crippen molar-refractivity contribution in [2.24, 2.45) is 17.1 Å². The summed E-state index contributed by atoms with van der Waals surface area (Å²) in [5.41, 5.74) is 6.02. The molecule has 3 N–H and O–H groups in total. The molecule has 0 bridgehead atoms. The van der Waals surface area contributed by atoms with Gasteiger partial charge in [-0.05, 0) is 11.3 Å². The van der Waals surface area contributed by atoms with Crippen LogP contribution in [0.3, 0.4) is 0 Å². The van der Waals surface area contributed by atoms with Crippen LogP contribution >= 0.6 is 11.3 Å². The number of carbonyl (C=O) groups excluding carboxylic acids is 1. The average molecular weight is 255 g/mol. The molecule has 0 spiro atoms. The van der Waals surface area contributed by atoms with E-state index in [4.69, 9.17) is 5.73 Å². The maximum absolute atomic E-state index is 11.8. The number of nitrogens with one attached hydrogen (secondary N) is 1. The summed E-state index contributed by atoms with van der Waals surface area (Å²) in [6.07, 6.45) is 0. The van der Waals surface area contributed by atoms with E-state index in [1.807, 2.05) is 0 Å². The van der Waals surface area contributed by atoms with Gasteiger partial charge in [0.1, 0.15) is 10.7 Å². The van der Waals surface area contributed by atoms with Crippen molar-refractivity contribution in [2.45, 2.75) is 34.2 Å². The summed E-state index contributed by atoms with van der Waals surface area (Å²) in [6.45, 7) is 9.63. The number of hydrogen-bond donors (Lipinski definition) is 2. The lowest BCUT2D eigenvalue weighted by Crippen LogP contribution is -2.37. The van der Waals surface area contributed by atoms with Crippen LogP contribution in [0.5, 0.6) is 0 Å². The molecule has 0 radical (unpaired) electrons. The number of nitrogens with zero attached hydrogens (tertiary/aromatic N) is 1.